The Balaban J connectivity index is 2.60. The van der Waals surface area contributed by atoms with Gasteiger partial charge in [-0.15, -0.1) is 0 Å². The Labute approximate surface area is 112 Å². The lowest BCUT2D eigenvalue weighted by Gasteiger charge is -2.26. The van der Waals surface area contributed by atoms with Crippen molar-refractivity contribution >= 4 is 10.0 Å². The Morgan fingerprint density at radius 2 is 1.89 bits per heavy atom. The summed E-state index contributed by atoms with van der Waals surface area (Å²) in [6.45, 7) is 9.82. The summed E-state index contributed by atoms with van der Waals surface area (Å²) in [5.41, 5.74) is 0. The summed E-state index contributed by atoms with van der Waals surface area (Å²) in [5, 5.41) is 2.87. The van der Waals surface area contributed by atoms with E-state index in [4.69, 9.17) is 0 Å². The van der Waals surface area contributed by atoms with E-state index in [-0.39, 0.29) is 5.25 Å². The molecule has 0 radical (unpaired) electrons. The average molecular weight is 276 g/mol. The number of sulfonamides is 1. The standard InChI is InChI=1S/C13H28N2O2S/c1-5-8-15(10-13-6-7-13)18(16,17)12(4)9-14-11(2)3/h11-14H,5-10H2,1-4H3. The van der Waals surface area contributed by atoms with E-state index in [1.165, 1.54) is 12.8 Å². The fraction of sp³-hybridized carbons (Fsp3) is 1.00. The lowest BCUT2D eigenvalue weighted by atomic mass is 10.3. The minimum atomic E-state index is -3.14. The molecule has 0 spiro atoms. The average Bonchev–Trinajstić information content (AvgIpc) is 3.09. The van der Waals surface area contributed by atoms with Crippen LogP contribution in [-0.2, 0) is 10.0 Å². The van der Waals surface area contributed by atoms with Crippen LogP contribution in [0.25, 0.3) is 0 Å². The van der Waals surface area contributed by atoms with E-state index in [1.807, 2.05) is 20.8 Å². The van der Waals surface area contributed by atoms with Gasteiger partial charge in [-0.05, 0) is 32.1 Å². The smallest absolute Gasteiger partial charge is 0.217 e. The molecule has 1 aliphatic rings. The molecule has 1 rings (SSSR count). The van der Waals surface area contributed by atoms with Crippen LogP contribution in [0.3, 0.4) is 0 Å². The van der Waals surface area contributed by atoms with Crippen LogP contribution in [0.15, 0.2) is 0 Å². The van der Waals surface area contributed by atoms with Gasteiger partial charge in [-0.1, -0.05) is 20.8 Å². The van der Waals surface area contributed by atoms with Gasteiger partial charge in [-0.3, -0.25) is 0 Å². The maximum Gasteiger partial charge on any atom is 0.217 e. The first-order chi connectivity index (χ1) is 8.37. The first-order valence-corrected chi connectivity index (χ1v) is 8.60. The van der Waals surface area contributed by atoms with Crippen molar-refractivity contribution in [2.45, 2.75) is 58.2 Å². The van der Waals surface area contributed by atoms with Crippen LogP contribution in [0.5, 0.6) is 0 Å². The number of rotatable bonds is 9. The van der Waals surface area contributed by atoms with Gasteiger partial charge in [0.15, 0.2) is 0 Å². The number of nitrogens with one attached hydrogen (secondary N) is 1. The molecule has 0 heterocycles. The first-order valence-electron chi connectivity index (χ1n) is 7.10. The zero-order chi connectivity index (χ0) is 13.8. The first kappa shape index (κ1) is 15.9. The van der Waals surface area contributed by atoms with Crippen molar-refractivity contribution in [3.05, 3.63) is 0 Å². The third-order valence-electron chi connectivity index (χ3n) is 3.31. The normalized spacial score (nSPS) is 18.6. The highest BCUT2D eigenvalue weighted by Crippen LogP contribution is 2.31. The maximum atomic E-state index is 12.5. The number of nitrogens with zero attached hydrogens (tertiary/aromatic N) is 1. The minimum Gasteiger partial charge on any atom is -0.313 e. The van der Waals surface area contributed by atoms with Crippen molar-refractivity contribution in [3.63, 3.8) is 0 Å². The largest absolute Gasteiger partial charge is 0.313 e. The molecular formula is C13H28N2O2S. The Morgan fingerprint density at radius 3 is 2.33 bits per heavy atom. The van der Waals surface area contributed by atoms with Crippen LogP contribution in [0.2, 0.25) is 0 Å². The molecule has 1 atom stereocenters. The van der Waals surface area contributed by atoms with Gasteiger partial charge in [0.2, 0.25) is 10.0 Å². The molecule has 0 aliphatic heterocycles. The molecule has 18 heavy (non-hydrogen) atoms. The topological polar surface area (TPSA) is 49.4 Å². The molecule has 1 unspecified atom stereocenters. The molecule has 108 valence electrons. The van der Waals surface area contributed by atoms with Crippen LogP contribution in [0, 0.1) is 5.92 Å². The zero-order valence-electron chi connectivity index (χ0n) is 12.1. The molecule has 1 fully saturated rings. The predicted molar refractivity (Wildman–Crippen MR) is 76.1 cm³/mol. The molecule has 4 nitrogen and oxygen atoms in total. The van der Waals surface area contributed by atoms with E-state index in [2.05, 4.69) is 5.32 Å². The van der Waals surface area contributed by atoms with E-state index in [0.717, 1.165) is 13.0 Å². The van der Waals surface area contributed by atoms with Crippen molar-refractivity contribution in [3.8, 4) is 0 Å². The Hall–Kier alpha value is -0.130. The molecule has 1 saturated carbocycles. The van der Waals surface area contributed by atoms with E-state index in [0.29, 0.717) is 25.0 Å². The molecule has 5 heteroatoms. The van der Waals surface area contributed by atoms with E-state index >= 15 is 0 Å². The second-order valence-corrected chi connectivity index (χ2v) is 8.07. The summed E-state index contributed by atoms with van der Waals surface area (Å²) in [5.74, 6) is 0.608. The van der Waals surface area contributed by atoms with Gasteiger partial charge < -0.3 is 5.32 Å². The number of hydrogen-bond acceptors (Lipinski definition) is 3. The molecule has 1 N–H and O–H groups in total. The van der Waals surface area contributed by atoms with Crippen molar-refractivity contribution in [1.29, 1.82) is 0 Å². The lowest BCUT2D eigenvalue weighted by molar-refractivity contribution is 0.387. The summed E-state index contributed by atoms with van der Waals surface area (Å²) in [6.07, 6.45) is 3.26. The van der Waals surface area contributed by atoms with Crippen LogP contribution < -0.4 is 5.32 Å². The number of hydrogen-bond donors (Lipinski definition) is 1. The molecular weight excluding hydrogens is 248 g/mol. The van der Waals surface area contributed by atoms with Gasteiger partial charge in [0.05, 0.1) is 5.25 Å². The summed E-state index contributed by atoms with van der Waals surface area (Å²) in [4.78, 5) is 0. The third kappa shape index (κ3) is 4.86. The summed E-state index contributed by atoms with van der Waals surface area (Å²) >= 11 is 0. The van der Waals surface area contributed by atoms with Gasteiger partial charge >= 0.3 is 0 Å². The Morgan fingerprint density at radius 1 is 1.28 bits per heavy atom. The van der Waals surface area contributed by atoms with Crippen molar-refractivity contribution in [2.75, 3.05) is 19.6 Å². The Kier molecular flexibility index (Phi) is 6.08. The van der Waals surface area contributed by atoms with Crippen LogP contribution in [0.1, 0.15) is 47.0 Å². The molecule has 0 bridgehead atoms. The molecule has 0 saturated heterocycles. The fourth-order valence-corrected chi connectivity index (χ4v) is 3.59. The molecule has 0 aromatic carbocycles. The van der Waals surface area contributed by atoms with Crippen LogP contribution >= 0.6 is 0 Å². The van der Waals surface area contributed by atoms with Gasteiger partial charge in [0.1, 0.15) is 0 Å². The highest BCUT2D eigenvalue weighted by molar-refractivity contribution is 7.89. The van der Waals surface area contributed by atoms with Crippen molar-refractivity contribution in [2.24, 2.45) is 5.92 Å². The quantitative estimate of drug-likeness (QED) is 0.699. The van der Waals surface area contributed by atoms with E-state index in [9.17, 15) is 8.42 Å². The summed E-state index contributed by atoms with van der Waals surface area (Å²) in [7, 11) is -3.14. The molecule has 0 amide bonds. The minimum absolute atomic E-state index is 0.325. The van der Waals surface area contributed by atoms with Crippen molar-refractivity contribution < 1.29 is 8.42 Å². The fourth-order valence-electron chi connectivity index (χ4n) is 1.92. The van der Waals surface area contributed by atoms with E-state index in [1.54, 1.807) is 11.2 Å². The van der Waals surface area contributed by atoms with Gasteiger partial charge in [-0.25, -0.2) is 12.7 Å². The summed E-state index contributed by atoms with van der Waals surface area (Å²) in [6, 6.07) is 0.325. The van der Waals surface area contributed by atoms with Gasteiger partial charge in [-0.2, -0.15) is 0 Å². The second-order valence-electron chi connectivity index (χ2n) is 5.72. The molecule has 0 aromatic rings. The van der Waals surface area contributed by atoms with E-state index < -0.39 is 10.0 Å². The lowest BCUT2D eigenvalue weighted by Crippen LogP contribution is -2.44. The summed E-state index contributed by atoms with van der Waals surface area (Å²) < 4.78 is 26.7. The third-order valence-corrected chi connectivity index (χ3v) is 5.55. The predicted octanol–water partition coefficient (Wildman–Crippen LogP) is 1.82. The van der Waals surface area contributed by atoms with Crippen molar-refractivity contribution in [1.82, 2.24) is 9.62 Å². The molecule has 0 aromatic heterocycles. The highest BCUT2D eigenvalue weighted by Gasteiger charge is 2.33. The van der Waals surface area contributed by atoms with Gasteiger partial charge in [0, 0.05) is 25.7 Å². The van der Waals surface area contributed by atoms with Gasteiger partial charge in [0.25, 0.3) is 0 Å². The highest BCUT2D eigenvalue weighted by atomic mass is 32.2. The second kappa shape index (κ2) is 6.87. The van der Waals surface area contributed by atoms with Crippen LogP contribution in [-0.4, -0.2) is 43.6 Å². The maximum absolute atomic E-state index is 12.5. The monoisotopic (exact) mass is 276 g/mol. The van der Waals surface area contributed by atoms with Crippen LogP contribution in [0.4, 0.5) is 0 Å². The molecule has 1 aliphatic carbocycles. The SMILES string of the molecule is CCCN(CC1CC1)S(=O)(=O)C(C)CNC(C)C. The zero-order valence-corrected chi connectivity index (χ0v) is 13.0. The Bertz CT molecular complexity index is 337.